The lowest BCUT2D eigenvalue weighted by Crippen LogP contribution is -2.11. The van der Waals surface area contributed by atoms with Crippen LogP contribution in [-0.2, 0) is 12.3 Å². The van der Waals surface area contributed by atoms with Crippen molar-refractivity contribution in [2.24, 2.45) is 0 Å². The van der Waals surface area contributed by atoms with Crippen molar-refractivity contribution in [2.45, 2.75) is 31.0 Å². The van der Waals surface area contributed by atoms with Crippen molar-refractivity contribution in [3.63, 3.8) is 0 Å². The first kappa shape index (κ1) is 13.2. The van der Waals surface area contributed by atoms with Crippen LogP contribution in [0.5, 0.6) is 0 Å². The van der Waals surface area contributed by atoms with E-state index < -0.39 is 0 Å². The lowest BCUT2D eigenvalue weighted by molar-refractivity contribution is 0.391. The normalized spacial score (nSPS) is 10.8. The monoisotopic (exact) mass is 262 g/mol. The Morgan fingerprint density at radius 1 is 1.33 bits per heavy atom. The van der Waals surface area contributed by atoms with Crippen molar-refractivity contribution >= 4 is 11.8 Å². The van der Waals surface area contributed by atoms with Gasteiger partial charge in [-0.1, -0.05) is 24.2 Å². The van der Waals surface area contributed by atoms with E-state index in [9.17, 15) is 0 Å². The molecule has 18 heavy (non-hydrogen) atoms. The fraction of sp³-hybridized carbons (Fsp3) is 0.357. The quantitative estimate of drug-likeness (QED) is 0.810. The number of aromatic nitrogens is 1. The smallest absolute Gasteiger partial charge is 0.147 e. The summed E-state index contributed by atoms with van der Waals surface area (Å²) in [5, 5.41) is 7.22. The first-order valence-electron chi connectivity index (χ1n) is 6.12. The van der Waals surface area contributed by atoms with E-state index in [0.29, 0.717) is 0 Å². The number of hydrogen-bond acceptors (Lipinski definition) is 4. The molecule has 1 heterocycles. The number of aryl methyl sites for hydroxylation is 1. The van der Waals surface area contributed by atoms with Gasteiger partial charge in [0.15, 0.2) is 0 Å². The number of benzene rings is 1. The van der Waals surface area contributed by atoms with Crippen LogP contribution in [0.15, 0.2) is 39.8 Å². The highest BCUT2D eigenvalue weighted by molar-refractivity contribution is 7.98. The number of hydrogen-bond donors (Lipinski definition) is 1. The summed E-state index contributed by atoms with van der Waals surface area (Å²) >= 11 is 1.77. The SMILES string of the molecule is CCNCc1cccc(SCc2cc(C)no2)c1. The van der Waals surface area contributed by atoms with Crippen molar-refractivity contribution in [3.8, 4) is 0 Å². The standard InChI is InChI=1S/C14H18N2OS/c1-3-15-9-12-5-4-6-14(8-12)18-10-13-7-11(2)16-17-13/h4-8,15H,3,9-10H2,1-2H3. The highest BCUT2D eigenvalue weighted by Gasteiger charge is 2.02. The molecule has 1 aromatic carbocycles. The van der Waals surface area contributed by atoms with E-state index in [0.717, 1.165) is 30.3 Å². The average Bonchev–Trinajstić information content (AvgIpc) is 2.80. The van der Waals surface area contributed by atoms with Crippen LogP contribution >= 0.6 is 11.8 Å². The van der Waals surface area contributed by atoms with Gasteiger partial charge in [0.25, 0.3) is 0 Å². The minimum absolute atomic E-state index is 0.825. The van der Waals surface area contributed by atoms with Gasteiger partial charge in [-0.15, -0.1) is 11.8 Å². The van der Waals surface area contributed by atoms with Gasteiger partial charge in [-0.3, -0.25) is 0 Å². The maximum atomic E-state index is 5.20. The van der Waals surface area contributed by atoms with Gasteiger partial charge in [-0.25, -0.2) is 0 Å². The topological polar surface area (TPSA) is 38.1 Å². The predicted molar refractivity (Wildman–Crippen MR) is 74.6 cm³/mol. The van der Waals surface area contributed by atoms with Gasteiger partial charge in [0.05, 0.1) is 11.4 Å². The largest absolute Gasteiger partial charge is 0.360 e. The molecule has 4 heteroatoms. The van der Waals surface area contributed by atoms with E-state index in [1.54, 1.807) is 11.8 Å². The molecule has 0 aliphatic carbocycles. The third-order valence-electron chi connectivity index (χ3n) is 2.54. The molecule has 0 amide bonds. The minimum atomic E-state index is 0.825. The van der Waals surface area contributed by atoms with E-state index in [1.807, 2.05) is 13.0 Å². The summed E-state index contributed by atoms with van der Waals surface area (Å²) in [7, 11) is 0. The third-order valence-corrected chi connectivity index (χ3v) is 3.55. The summed E-state index contributed by atoms with van der Waals surface area (Å²) in [5.41, 5.74) is 2.25. The fourth-order valence-electron chi connectivity index (χ4n) is 1.65. The molecule has 0 aliphatic rings. The minimum Gasteiger partial charge on any atom is -0.360 e. The first-order chi connectivity index (χ1) is 8.78. The summed E-state index contributed by atoms with van der Waals surface area (Å²) in [6, 6.07) is 10.6. The van der Waals surface area contributed by atoms with Crippen molar-refractivity contribution in [3.05, 3.63) is 47.3 Å². The molecule has 1 aromatic heterocycles. The molecule has 0 bridgehead atoms. The highest BCUT2D eigenvalue weighted by atomic mass is 32.2. The molecular formula is C14H18N2OS. The second-order valence-electron chi connectivity index (χ2n) is 4.15. The summed E-state index contributed by atoms with van der Waals surface area (Å²) in [4.78, 5) is 1.26. The molecule has 0 spiro atoms. The van der Waals surface area contributed by atoms with Gasteiger partial charge >= 0.3 is 0 Å². The molecule has 2 rings (SSSR count). The average molecular weight is 262 g/mol. The molecular weight excluding hydrogens is 244 g/mol. The number of thioether (sulfide) groups is 1. The lowest BCUT2D eigenvalue weighted by Gasteiger charge is -2.04. The lowest BCUT2D eigenvalue weighted by atomic mass is 10.2. The van der Waals surface area contributed by atoms with Gasteiger partial charge in [0.1, 0.15) is 5.76 Å². The Kier molecular flexibility index (Phi) is 4.84. The van der Waals surface area contributed by atoms with E-state index in [1.165, 1.54) is 10.5 Å². The zero-order chi connectivity index (χ0) is 12.8. The second kappa shape index (κ2) is 6.61. The maximum absolute atomic E-state index is 5.20. The van der Waals surface area contributed by atoms with Crippen molar-refractivity contribution in [2.75, 3.05) is 6.54 Å². The number of nitrogens with zero attached hydrogens (tertiary/aromatic N) is 1. The van der Waals surface area contributed by atoms with Gasteiger partial charge in [0, 0.05) is 17.5 Å². The Hall–Kier alpha value is -1.26. The van der Waals surface area contributed by atoms with Gasteiger partial charge in [0.2, 0.25) is 0 Å². The van der Waals surface area contributed by atoms with Crippen LogP contribution < -0.4 is 5.32 Å². The molecule has 0 unspecified atom stereocenters. The highest BCUT2D eigenvalue weighted by Crippen LogP contribution is 2.23. The van der Waals surface area contributed by atoms with Crippen LogP contribution in [0.4, 0.5) is 0 Å². The van der Waals surface area contributed by atoms with E-state index in [-0.39, 0.29) is 0 Å². The number of rotatable bonds is 6. The summed E-state index contributed by atoms with van der Waals surface area (Å²) in [6.07, 6.45) is 0. The molecule has 0 atom stereocenters. The molecule has 2 aromatic rings. The van der Waals surface area contributed by atoms with Gasteiger partial charge < -0.3 is 9.84 Å². The molecule has 0 aliphatic heterocycles. The third kappa shape index (κ3) is 3.89. The zero-order valence-corrected chi connectivity index (χ0v) is 11.6. The first-order valence-corrected chi connectivity index (χ1v) is 7.11. The maximum Gasteiger partial charge on any atom is 0.147 e. The summed E-state index contributed by atoms with van der Waals surface area (Å²) in [6.45, 7) is 5.97. The van der Waals surface area contributed by atoms with Crippen LogP contribution in [0.3, 0.4) is 0 Å². The zero-order valence-electron chi connectivity index (χ0n) is 10.8. The predicted octanol–water partition coefficient (Wildman–Crippen LogP) is 3.38. The van der Waals surface area contributed by atoms with Crippen LogP contribution in [0.2, 0.25) is 0 Å². The molecule has 0 fully saturated rings. The van der Waals surface area contributed by atoms with Crippen LogP contribution in [-0.4, -0.2) is 11.7 Å². The van der Waals surface area contributed by atoms with Crippen molar-refractivity contribution < 1.29 is 4.52 Å². The van der Waals surface area contributed by atoms with Crippen LogP contribution in [0, 0.1) is 6.92 Å². The molecule has 0 radical (unpaired) electrons. The second-order valence-corrected chi connectivity index (χ2v) is 5.20. The molecule has 0 saturated carbocycles. The molecule has 0 saturated heterocycles. The van der Waals surface area contributed by atoms with Crippen molar-refractivity contribution in [1.82, 2.24) is 10.5 Å². The number of nitrogens with one attached hydrogen (secondary N) is 1. The Bertz CT molecular complexity index is 496. The Balaban J connectivity index is 1.92. The fourth-order valence-corrected chi connectivity index (χ4v) is 2.51. The molecule has 96 valence electrons. The van der Waals surface area contributed by atoms with E-state index in [4.69, 9.17) is 4.52 Å². The Morgan fingerprint density at radius 3 is 2.94 bits per heavy atom. The summed E-state index contributed by atoms with van der Waals surface area (Å²) in [5.74, 6) is 1.75. The van der Waals surface area contributed by atoms with Crippen LogP contribution in [0.1, 0.15) is 23.9 Å². The van der Waals surface area contributed by atoms with E-state index >= 15 is 0 Å². The summed E-state index contributed by atoms with van der Waals surface area (Å²) < 4.78 is 5.20. The van der Waals surface area contributed by atoms with Crippen molar-refractivity contribution in [1.29, 1.82) is 0 Å². The Labute approximate surface area is 112 Å². The Morgan fingerprint density at radius 2 is 2.22 bits per heavy atom. The van der Waals surface area contributed by atoms with E-state index in [2.05, 4.69) is 41.7 Å². The molecule has 1 N–H and O–H groups in total. The molecule has 3 nitrogen and oxygen atoms in total. The van der Waals surface area contributed by atoms with Gasteiger partial charge in [-0.2, -0.15) is 0 Å². The van der Waals surface area contributed by atoms with Gasteiger partial charge in [-0.05, 0) is 31.2 Å². The van der Waals surface area contributed by atoms with Crippen LogP contribution in [0.25, 0.3) is 0 Å².